The van der Waals surface area contributed by atoms with Crippen LogP contribution in [-0.2, 0) is 16.1 Å². The smallest absolute Gasteiger partial charge is 0.227 e. The van der Waals surface area contributed by atoms with Gasteiger partial charge in [0.1, 0.15) is 0 Å². The molecule has 136 valence electrons. The minimum Gasteiger partial charge on any atom is -0.352 e. The Morgan fingerprint density at radius 2 is 2.08 bits per heavy atom. The molecule has 2 N–H and O–H groups in total. The number of carbonyl (C=O) groups is 2. The predicted molar refractivity (Wildman–Crippen MR) is 99.9 cm³/mol. The molecule has 4 heteroatoms. The molecule has 2 aliphatic rings. The van der Waals surface area contributed by atoms with Gasteiger partial charge in [-0.25, -0.2) is 0 Å². The Kier molecular flexibility index (Phi) is 5.77. The van der Waals surface area contributed by atoms with E-state index in [0.29, 0.717) is 18.9 Å². The summed E-state index contributed by atoms with van der Waals surface area (Å²) in [5, 5.41) is 5.99. The maximum atomic E-state index is 12.3. The van der Waals surface area contributed by atoms with E-state index in [1.54, 1.807) is 0 Å². The van der Waals surface area contributed by atoms with E-state index in [4.69, 9.17) is 0 Å². The number of fused-ring (bicyclic) bond motifs is 2. The molecule has 2 bridgehead atoms. The van der Waals surface area contributed by atoms with E-state index in [0.717, 1.165) is 29.5 Å². The first-order chi connectivity index (χ1) is 12.0. The number of carbonyl (C=O) groups excluding carboxylic acids is 2. The molecule has 0 radical (unpaired) electrons. The summed E-state index contributed by atoms with van der Waals surface area (Å²) in [5.41, 5.74) is 1.81. The number of hydrogen-bond acceptors (Lipinski definition) is 2. The second-order valence-corrected chi connectivity index (χ2v) is 7.91. The van der Waals surface area contributed by atoms with E-state index in [1.165, 1.54) is 25.7 Å². The first kappa shape index (κ1) is 18.0. The Hall–Kier alpha value is -1.84. The monoisotopic (exact) mass is 342 g/mol. The summed E-state index contributed by atoms with van der Waals surface area (Å²) in [7, 11) is 0. The molecule has 0 aromatic heterocycles. The number of benzene rings is 1. The molecule has 0 unspecified atom stereocenters. The largest absolute Gasteiger partial charge is 0.352 e. The van der Waals surface area contributed by atoms with Crippen molar-refractivity contribution in [2.75, 3.05) is 5.32 Å². The van der Waals surface area contributed by atoms with Crippen LogP contribution in [0.2, 0.25) is 0 Å². The molecular formula is C21H30N2O2. The van der Waals surface area contributed by atoms with Gasteiger partial charge in [0, 0.05) is 24.6 Å². The van der Waals surface area contributed by atoms with Crippen molar-refractivity contribution in [2.24, 2.45) is 23.7 Å². The fourth-order valence-electron chi connectivity index (χ4n) is 4.35. The summed E-state index contributed by atoms with van der Waals surface area (Å²) in [6.45, 7) is 4.45. The van der Waals surface area contributed by atoms with Gasteiger partial charge in [-0.3, -0.25) is 9.59 Å². The molecule has 25 heavy (non-hydrogen) atoms. The Morgan fingerprint density at radius 3 is 2.76 bits per heavy atom. The van der Waals surface area contributed by atoms with Gasteiger partial charge in [0.2, 0.25) is 11.8 Å². The molecule has 3 rings (SSSR count). The average molecular weight is 342 g/mol. The first-order valence-electron chi connectivity index (χ1n) is 9.71. The minimum atomic E-state index is 0.00472. The summed E-state index contributed by atoms with van der Waals surface area (Å²) in [6, 6.07) is 7.74. The predicted octanol–water partition coefficient (Wildman–Crippen LogP) is 4.11. The molecule has 0 heterocycles. The molecule has 0 saturated heterocycles. The number of amides is 2. The quantitative estimate of drug-likeness (QED) is 0.783. The van der Waals surface area contributed by atoms with Crippen molar-refractivity contribution in [3.8, 4) is 0 Å². The van der Waals surface area contributed by atoms with Crippen LogP contribution in [0.5, 0.6) is 0 Å². The lowest BCUT2D eigenvalue weighted by atomic mass is 9.86. The van der Waals surface area contributed by atoms with Crippen LogP contribution in [0.3, 0.4) is 0 Å². The SMILES string of the molecule is CC[C@H](C)C(=O)Nc1cccc(CNC(=O)C[C@@H]2C[C@H]3CC[C@H]2C3)c1. The van der Waals surface area contributed by atoms with Crippen LogP contribution in [0.25, 0.3) is 0 Å². The third-order valence-corrected chi connectivity index (χ3v) is 6.08. The second kappa shape index (κ2) is 8.03. The van der Waals surface area contributed by atoms with E-state index < -0.39 is 0 Å². The lowest BCUT2D eigenvalue weighted by Gasteiger charge is -2.21. The Balaban J connectivity index is 1.47. The summed E-state index contributed by atoms with van der Waals surface area (Å²) in [6.07, 6.45) is 6.78. The summed E-state index contributed by atoms with van der Waals surface area (Å²) in [4.78, 5) is 24.3. The Bertz CT molecular complexity index is 628. The molecule has 2 aliphatic carbocycles. The van der Waals surface area contributed by atoms with Gasteiger partial charge in [0.25, 0.3) is 0 Å². The molecule has 0 aliphatic heterocycles. The zero-order valence-electron chi connectivity index (χ0n) is 15.4. The molecule has 4 atom stereocenters. The van der Waals surface area contributed by atoms with Crippen molar-refractivity contribution in [3.63, 3.8) is 0 Å². The number of anilines is 1. The van der Waals surface area contributed by atoms with Gasteiger partial charge in [-0.2, -0.15) is 0 Å². The lowest BCUT2D eigenvalue weighted by molar-refractivity contribution is -0.122. The topological polar surface area (TPSA) is 58.2 Å². The molecule has 2 saturated carbocycles. The summed E-state index contributed by atoms with van der Waals surface area (Å²) < 4.78 is 0. The molecule has 0 spiro atoms. The van der Waals surface area contributed by atoms with E-state index in [-0.39, 0.29) is 17.7 Å². The molecule has 1 aromatic rings. The third kappa shape index (κ3) is 4.62. The van der Waals surface area contributed by atoms with Crippen LogP contribution in [0.1, 0.15) is 57.9 Å². The summed E-state index contributed by atoms with van der Waals surface area (Å²) in [5.74, 6) is 2.47. The van der Waals surface area contributed by atoms with E-state index >= 15 is 0 Å². The molecule has 1 aromatic carbocycles. The van der Waals surface area contributed by atoms with Crippen molar-refractivity contribution in [2.45, 2.75) is 58.9 Å². The van der Waals surface area contributed by atoms with Crippen LogP contribution in [0.4, 0.5) is 5.69 Å². The van der Waals surface area contributed by atoms with Crippen molar-refractivity contribution >= 4 is 17.5 Å². The van der Waals surface area contributed by atoms with E-state index in [1.807, 2.05) is 38.1 Å². The maximum Gasteiger partial charge on any atom is 0.227 e. The van der Waals surface area contributed by atoms with E-state index in [9.17, 15) is 9.59 Å². The van der Waals surface area contributed by atoms with E-state index in [2.05, 4.69) is 10.6 Å². The minimum absolute atomic E-state index is 0.00472. The highest BCUT2D eigenvalue weighted by Gasteiger charge is 2.39. The first-order valence-corrected chi connectivity index (χ1v) is 9.71. The normalized spacial score (nSPS) is 25.6. The average Bonchev–Trinajstić information content (AvgIpc) is 3.22. The highest BCUT2D eigenvalue weighted by atomic mass is 16.2. The molecule has 2 amide bonds. The van der Waals surface area contributed by atoms with Crippen LogP contribution in [-0.4, -0.2) is 11.8 Å². The van der Waals surface area contributed by atoms with Gasteiger partial charge >= 0.3 is 0 Å². The Labute approximate surface area is 150 Å². The van der Waals surface area contributed by atoms with Gasteiger partial charge in [0.15, 0.2) is 0 Å². The standard InChI is InChI=1S/C21H30N2O2/c1-3-14(2)21(25)23-19-6-4-5-16(11-19)13-22-20(24)12-18-10-15-7-8-17(18)9-15/h4-6,11,14-15,17-18H,3,7-10,12-13H2,1-2H3,(H,22,24)(H,23,25)/t14-,15-,17-,18-/m0/s1. The lowest BCUT2D eigenvalue weighted by Crippen LogP contribution is -2.27. The zero-order valence-corrected chi connectivity index (χ0v) is 15.4. The van der Waals surface area contributed by atoms with Crippen LogP contribution < -0.4 is 10.6 Å². The van der Waals surface area contributed by atoms with Crippen LogP contribution in [0, 0.1) is 23.7 Å². The number of nitrogens with one attached hydrogen (secondary N) is 2. The van der Waals surface area contributed by atoms with Gasteiger partial charge in [-0.15, -0.1) is 0 Å². The van der Waals surface area contributed by atoms with Crippen LogP contribution in [0.15, 0.2) is 24.3 Å². The Morgan fingerprint density at radius 1 is 1.24 bits per heavy atom. The maximum absolute atomic E-state index is 12.3. The number of hydrogen-bond donors (Lipinski definition) is 2. The highest BCUT2D eigenvalue weighted by Crippen LogP contribution is 2.49. The third-order valence-electron chi connectivity index (χ3n) is 6.08. The van der Waals surface area contributed by atoms with Crippen molar-refractivity contribution in [1.82, 2.24) is 5.32 Å². The van der Waals surface area contributed by atoms with Gasteiger partial charge in [-0.05, 0) is 61.1 Å². The fraction of sp³-hybridized carbons (Fsp3) is 0.619. The summed E-state index contributed by atoms with van der Waals surface area (Å²) >= 11 is 0. The number of rotatable bonds is 7. The highest BCUT2D eigenvalue weighted by molar-refractivity contribution is 5.92. The zero-order chi connectivity index (χ0) is 17.8. The van der Waals surface area contributed by atoms with Crippen LogP contribution >= 0.6 is 0 Å². The molecule has 4 nitrogen and oxygen atoms in total. The van der Waals surface area contributed by atoms with Crippen molar-refractivity contribution < 1.29 is 9.59 Å². The molecular weight excluding hydrogens is 312 g/mol. The van der Waals surface area contributed by atoms with Gasteiger partial charge in [-0.1, -0.05) is 32.4 Å². The van der Waals surface area contributed by atoms with Gasteiger partial charge < -0.3 is 10.6 Å². The van der Waals surface area contributed by atoms with Crippen molar-refractivity contribution in [1.29, 1.82) is 0 Å². The molecule has 2 fully saturated rings. The van der Waals surface area contributed by atoms with Gasteiger partial charge in [0.05, 0.1) is 0 Å². The van der Waals surface area contributed by atoms with Crippen molar-refractivity contribution in [3.05, 3.63) is 29.8 Å². The fourth-order valence-corrected chi connectivity index (χ4v) is 4.35. The second-order valence-electron chi connectivity index (χ2n) is 7.91.